The number of fused-ring (bicyclic) bond motifs is 3. The van der Waals surface area contributed by atoms with Crippen LogP contribution in [0.2, 0.25) is 5.02 Å². The zero-order valence-electron chi connectivity index (χ0n) is 16.7. The fourth-order valence-electron chi connectivity index (χ4n) is 5.09. The van der Waals surface area contributed by atoms with Crippen molar-refractivity contribution in [2.45, 2.75) is 29.6 Å². The number of nitriles is 1. The molecule has 1 saturated carbocycles. The molecule has 0 spiro atoms. The number of nitrogens with two attached hydrogens (primary N) is 1. The number of primary amides is 1. The summed E-state index contributed by atoms with van der Waals surface area (Å²) in [5.74, 6) is -0.137. The van der Waals surface area contributed by atoms with E-state index in [2.05, 4.69) is 11.1 Å². The van der Waals surface area contributed by atoms with Gasteiger partial charge in [-0.15, -0.1) is 0 Å². The summed E-state index contributed by atoms with van der Waals surface area (Å²) >= 11 is 6.16. The van der Waals surface area contributed by atoms with Gasteiger partial charge in [0.1, 0.15) is 17.5 Å². The van der Waals surface area contributed by atoms with E-state index < -0.39 is 29.3 Å². The number of benzene rings is 2. The molecule has 4 atom stereocenters. The molecule has 0 bridgehead atoms. The zero-order valence-corrected chi connectivity index (χ0v) is 17.5. The van der Waals surface area contributed by atoms with E-state index >= 15 is 0 Å². The van der Waals surface area contributed by atoms with E-state index in [1.165, 1.54) is 6.20 Å². The highest BCUT2D eigenvalue weighted by Gasteiger charge is 2.75. The minimum Gasteiger partial charge on any atom is -0.476 e. The number of pyridine rings is 1. The third-order valence-electron chi connectivity index (χ3n) is 6.33. The normalized spacial score (nSPS) is 27.7. The number of nitrogens with zero attached hydrogens (tertiary/aromatic N) is 2. The largest absolute Gasteiger partial charge is 0.476 e. The highest BCUT2D eigenvalue weighted by atomic mass is 35.5. The summed E-state index contributed by atoms with van der Waals surface area (Å²) in [5, 5.41) is 21.9. The van der Waals surface area contributed by atoms with Gasteiger partial charge in [-0.1, -0.05) is 54.1 Å². The quantitative estimate of drug-likeness (QED) is 0.631. The SMILES string of the molecule is N#Cc1ccc([C@@]23Oc4cc(Cl)cnc4[C@]2(O)[C@H](OC(N)=O)C[C@H]3c2ccccc2)cc1. The average Bonchev–Trinajstić information content (AvgIpc) is 3.19. The van der Waals surface area contributed by atoms with Crippen molar-refractivity contribution in [2.75, 3.05) is 0 Å². The molecule has 0 saturated heterocycles. The summed E-state index contributed by atoms with van der Waals surface area (Å²) < 4.78 is 12.0. The van der Waals surface area contributed by atoms with Crippen LogP contribution in [0.3, 0.4) is 0 Å². The van der Waals surface area contributed by atoms with E-state index in [0.717, 1.165) is 5.56 Å². The van der Waals surface area contributed by atoms with E-state index in [-0.39, 0.29) is 12.1 Å². The molecule has 160 valence electrons. The van der Waals surface area contributed by atoms with Gasteiger partial charge in [0.25, 0.3) is 0 Å². The lowest BCUT2D eigenvalue weighted by Crippen LogP contribution is -2.53. The fourth-order valence-corrected chi connectivity index (χ4v) is 5.24. The van der Waals surface area contributed by atoms with Gasteiger partial charge < -0.3 is 20.3 Å². The number of carbonyl (C=O) groups excluding carboxylic acids is 1. The van der Waals surface area contributed by atoms with Gasteiger partial charge in [-0.3, -0.25) is 4.98 Å². The summed E-state index contributed by atoms with van der Waals surface area (Å²) in [5.41, 5.74) is 4.29. The lowest BCUT2D eigenvalue weighted by molar-refractivity contribution is -0.151. The Bertz CT molecular complexity index is 1240. The van der Waals surface area contributed by atoms with Gasteiger partial charge in [-0.25, -0.2) is 4.79 Å². The van der Waals surface area contributed by atoms with Crippen LogP contribution >= 0.6 is 11.6 Å². The molecule has 3 aromatic rings. The van der Waals surface area contributed by atoms with Crippen molar-refractivity contribution in [1.29, 1.82) is 5.26 Å². The first-order valence-corrected chi connectivity index (χ1v) is 10.4. The number of hydrogen-bond donors (Lipinski definition) is 2. The second kappa shape index (κ2) is 7.23. The number of carbonyl (C=O) groups is 1. The summed E-state index contributed by atoms with van der Waals surface area (Å²) in [4.78, 5) is 16.2. The van der Waals surface area contributed by atoms with Crippen LogP contribution in [0.5, 0.6) is 5.75 Å². The Kier molecular flexibility index (Phi) is 4.59. The van der Waals surface area contributed by atoms with E-state index in [9.17, 15) is 15.2 Å². The summed E-state index contributed by atoms with van der Waals surface area (Å²) in [6, 6.07) is 20.0. The van der Waals surface area contributed by atoms with E-state index in [4.69, 9.17) is 26.8 Å². The fraction of sp³-hybridized carbons (Fsp3) is 0.208. The molecule has 1 aromatic heterocycles. The van der Waals surface area contributed by atoms with Crippen LogP contribution in [0.1, 0.15) is 34.7 Å². The third kappa shape index (κ3) is 2.70. The number of aliphatic hydroxyl groups is 1. The van der Waals surface area contributed by atoms with Crippen molar-refractivity contribution >= 4 is 17.7 Å². The average molecular weight is 448 g/mol. The predicted molar refractivity (Wildman–Crippen MR) is 115 cm³/mol. The molecule has 0 radical (unpaired) electrons. The molecule has 5 rings (SSSR count). The van der Waals surface area contributed by atoms with Gasteiger partial charge in [-0.05, 0) is 29.7 Å². The molecule has 2 aromatic carbocycles. The van der Waals surface area contributed by atoms with Crippen LogP contribution in [0, 0.1) is 11.3 Å². The van der Waals surface area contributed by atoms with E-state index in [1.807, 2.05) is 30.3 Å². The third-order valence-corrected chi connectivity index (χ3v) is 6.53. The maximum Gasteiger partial charge on any atom is 0.404 e. The van der Waals surface area contributed by atoms with Crippen LogP contribution in [0.15, 0.2) is 66.9 Å². The van der Waals surface area contributed by atoms with Crippen molar-refractivity contribution in [1.82, 2.24) is 4.98 Å². The minimum atomic E-state index is -1.85. The molecular formula is C24H18ClN3O4. The van der Waals surface area contributed by atoms with Crippen molar-refractivity contribution < 1.29 is 19.4 Å². The monoisotopic (exact) mass is 447 g/mol. The summed E-state index contributed by atoms with van der Waals surface area (Å²) in [6.45, 7) is 0. The molecule has 0 unspecified atom stereocenters. The van der Waals surface area contributed by atoms with Crippen LogP contribution in [-0.2, 0) is 15.9 Å². The molecule has 2 aliphatic rings. The Morgan fingerprint density at radius 3 is 2.62 bits per heavy atom. The Balaban J connectivity index is 1.80. The highest BCUT2D eigenvalue weighted by molar-refractivity contribution is 6.30. The maximum atomic E-state index is 12.3. The summed E-state index contributed by atoms with van der Waals surface area (Å²) in [6.07, 6.45) is -0.384. The molecule has 2 heterocycles. The number of hydrogen-bond acceptors (Lipinski definition) is 6. The first kappa shape index (κ1) is 20.3. The molecule has 1 aliphatic carbocycles. The lowest BCUT2D eigenvalue weighted by Gasteiger charge is -2.40. The van der Waals surface area contributed by atoms with Crippen LogP contribution in [0.25, 0.3) is 0 Å². The molecule has 7 nitrogen and oxygen atoms in total. The van der Waals surface area contributed by atoms with Crippen molar-refractivity contribution in [2.24, 2.45) is 5.73 Å². The van der Waals surface area contributed by atoms with Gasteiger partial charge in [0, 0.05) is 18.2 Å². The van der Waals surface area contributed by atoms with Crippen LogP contribution < -0.4 is 10.5 Å². The standard InChI is InChI=1S/C24H18ClN3O4/c25-17-10-19-21(28-13-17)23(30)20(31-22(27)29)11-18(15-4-2-1-3-5-15)24(23,32-19)16-8-6-14(12-26)7-9-16/h1-10,13,18,20,30H,11H2,(H2,27,29)/t18-,20+,23+,24-/m0/s1. The van der Waals surface area contributed by atoms with Gasteiger partial charge in [0.05, 0.1) is 16.7 Å². The highest BCUT2D eigenvalue weighted by Crippen LogP contribution is 2.66. The summed E-state index contributed by atoms with van der Waals surface area (Å²) in [7, 11) is 0. The Morgan fingerprint density at radius 2 is 1.97 bits per heavy atom. The first-order valence-electron chi connectivity index (χ1n) is 9.99. The molecule has 8 heteroatoms. The smallest absolute Gasteiger partial charge is 0.404 e. The second-order valence-corrected chi connectivity index (χ2v) is 8.35. The topological polar surface area (TPSA) is 118 Å². The van der Waals surface area contributed by atoms with E-state index in [1.54, 1.807) is 30.3 Å². The Hall–Kier alpha value is -3.60. The van der Waals surface area contributed by atoms with Crippen molar-refractivity contribution in [3.63, 3.8) is 0 Å². The van der Waals surface area contributed by atoms with Gasteiger partial charge in [0.15, 0.2) is 11.2 Å². The number of halogens is 1. The predicted octanol–water partition coefficient (Wildman–Crippen LogP) is 3.73. The molecule has 32 heavy (non-hydrogen) atoms. The molecule has 3 N–H and O–H groups in total. The molecule has 1 amide bonds. The van der Waals surface area contributed by atoms with Gasteiger partial charge in [-0.2, -0.15) is 5.26 Å². The Morgan fingerprint density at radius 1 is 1.25 bits per heavy atom. The number of ether oxygens (including phenoxy) is 2. The Labute approximate surface area is 189 Å². The maximum absolute atomic E-state index is 12.3. The second-order valence-electron chi connectivity index (χ2n) is 7.92. The van der Waals surface area contributed by atoms with Crippen molar-refractivity contribution in [3.8, 4) is 11.8 Å². The minimum absolute atomic E-state index is 0.218. The number of aromatic nitrogens is 1. The first-order chi connectivity index (χ1) is 15.4. The number of amides is 1. The molecule has 1 fully saturated rings. The van der Waals surface area contributed by atoms with Crippen molar-refractivity contribution in [3.05, 3.63) is 94.3 Å². The van der Waals surface area contributed by atoms with E-state index in [0.29, 0.717) is 21.9 Å². The zero-order chi connectivity index (χ0) is 22.5. The van der Waals surface area contributed by atoms with Gasteiger partial charge in [0.2, 0.25) is 0 Å². The van der Waals surface area contributed by atoms with Crippen LogP contribution in [-0.4, -0.2) is 22.3 Å². The molecule has 1 aliphatic heterocycles. The lowest BCUT2D eigenvalue weighted by atomic mass is 9.72. The number of rotatable bonds is 3. The van der Waals surface area contributed by atoms with Gasteiger partial charge >= 0.3 is 6.09 Å². The van der Waals surface area contributed by atoms with Crippen LogP contribution in [0.4, 0.5) is 4.79 Å². The molecular weight excluding hydrogens is 430 g/mol.